The van der Waals surface area contributed by atoms with Gasteiger partial charge in [0, 0.05) is 30.3 Å². The molecule has 0 aliphatic rings. The van der Waals surface area contributed by atoms with Crippen molar-refractivity contribution >= 4 is 50.6 Å². The average Bonchev–Trinajstić information content (AvgIpc) is 3.76. The summed E-state index contributed by atoms with van der Waals surface area (Å²) in [5.74, 6) is 6.66. The molecule has 5 nitrogen and oxygen atoms in total. The first-order valence-electron chi connectivity index (χ1n) is 21.0. The predicted octanol–water partition coefficient (Wildman–Crippen LogP) is 12.3. The summed E-state index contributed by atoms with van der Waals surface area (Å²) < 4.78 is 74.3. The fourth-order valence-electron chi connectivity index (χ4n) is 7.37. The van der Waals surface area contributed by atoms with Gasteiger partial charge in [-0.25, -0.2) is 14.4 Å². The SMILES string of the molecule is [2H]C([2H])([2H])c1cc(-c2ccc3c(oc4c(-c5nc6ccccc6n5-c5c(C(C)C)cc(-c6cc[c]([Ge]([CH3])([CH3])[CH3])cc6)cc5C(C)C)cccc43)c2F)nc(C([2H])([2H])[2H])n1. The molecule has 7 heteroatoms. The molecule has 3 aromatic heterocycles. The number of benzene rings is 5. The number of halogens is 1. The summed E-state index contributed by atoms with van der Waals surface area (Å²) in [6, 6.07) is 31.7. The van der Waals surface area contributed by atoms with Gasteiger partial charge in [0.15, 0.2) is 11.4 Å². The molecule has 8 aromatic rings. The van der Waals surface area contributed by atoms with Gasteiger partial charge in [0.25, 0.3) is 0 Å². The molecule has 0 saturated heterocycles. The first-order valence-corrected chi connectivity index (χ1v) is 25.4. The van der Waals surface area contributed by atoms with Crippen molar-refractivity contribution in [2.45, 2.75) is 70.5 Å². The standard InChI is InChI=1S/C46H45FGeN4O/c1-26(2)37-24-31(30-17-19-32(20-18-30)48(7,8)9)25-38(27(3)4)43(37)52-41-16-11-10-15-39(41)51-46(52)36-14-12-13-33-34-21-22-35(42(47)45(34)53-44(33)36)40-23-28(5)49-29(6)50-40/h10-27H,1-9H3/i5D3,6D3. The van der Waals surface area contributed by atoms with Crippen LogP contribution in [0.4, 0.5) is 4.39 Å². The van der Waals surface area contributed by atoms with E-state index in [1.807, 2.05) is 36.4 Å². The van der Waals surface area contributed by atoms with E-state index in [-0.39, 0.29) is 28.7 Å². The van der Waals surface area contributed by atoms with E-state index in [0.29, 0.717) is 27.7 Å². The Labute approximate surface area is 321 Å². The molecular formula is C46H45FGeN4O. The normalized spacial score (nSPS) is 14.5. The molecule has 8 rings (SSSR count). The second-order valence-corrected chi connectivity index (χ2v) is 26.1. The molecule has 0 spiro atoms. The third-order valence-corrected chi connectivity index (χ3v) is 14.5. The molecule has 0 amide bonds. The van der Waals surface area contributed by atoms with Gasteiger partial charge in [0.1, 0.15) is 5.82 Å². The topological polar surface area (TPSA) is 56.7 Å². The van der Waals surface area contributed by atoms with Crippen LogP contribution in [0.5, 0.6) is 0 Å². The summed E-state index contributed by atoms with van der Waals surface area (Å²) in [6.07, 6.45) is 0. The fraction of sp³-hybridized carbons (Fsp3) is 0.239. The maximum atomic E-state index is 16.8. The van der Waals surface area contributed by atoms with Crippen LogP contribution in [-0.4, -0.2) is 32.8 Å². The molecule has 0 N–H and O–H groups in total. The van der Waals surface area contributed by atoms with Crippen LogP contribution in [-0.2, 0) is 0 Å². The van der Waals surface area contributed by atoms with Crippen LogP contribution in [0.25, 0.3) is 72.4 Å². The van der Waals surface area contributed by atoms with Crippen LogP contribution in [0.3, 0.4) is 0 Å². The number of imidazole rings is 1. The van der Waals surface area contributed by atoms with Gasteiger partial charge >= 0.3 is 201 Å². The summed E-state index contributed by atoms with van der Waals surface area (Å²) in [4.78, 5) is 13.1. The van der Waals surface area contributed by atoms with Crippen molar-refractivity contribution in [3.05, 3.63) is 126 Å². The molecule has 0 saturated carbocycles. The first-order chi connectivity index (χ1) is 27.7. The van der Waals surface area contributed by atoms with Crippen molar-refractivity contribution in [3.8, 4) is 39.5 Å². The molecule has 0 aliphatic carbocycles. The molecule has 0 fully saturated rings. The van der Waals surface area contributed by atoms with Crippen LogP contribution in [0, 0.1) is 19.5 Å². The monoisotopic (exact) mass is 768 g/mol. The van der Waals surface area contributed by atoms with Crippen LogP contribution in [0.1, 0.15) is 70.4 Å². The zero-order chi connectivity index (χ0) is 42.3. The molecule has 0 atom stereocenters. The van der Waals surface area contributed by atoms with Gasteiger partial charge in [-0.05, 0) is 31.9 Å². The first kappa shape index (κ1) is 28.4. The van der Waals surface area contributed by atoms with E-state index in [1.54, 1.807) is 6.07 Å². The summed E-state index contributed by atoms with van der Waals surface area (Å²) in [7, 11) is 0. The molecule has 5 aromatic carbocycles. The predicted molar refractivity (Wildman–Crippen MR) is 221 cm³/mol. The van der Waals surface area contributed by atoms with E-state index >= 15 is 4.39 Å². The Morgan fingerprint density at radius 1 is 0.698 bits per heavy atom. The van der Waals surface area contributed by atoms with Gasteiger partial charge in [-0.1, -0.05) is 18.2 Å². The van der Waals surface area contributed by atoms with Gasteiger partial charge in [-0.2, -0.15) is 0 Å². The van der Waals surface area contributed by atoms with E-state index < -0.39 is 44.3 Å². The Kier molecular flexibility index (Phi) is 7.03. The van der Waals surface area contributed by atoms with Gasteiger partial charge in [0.05, 0.1) is 5.69 Å². The Hall–Kier alpha value is -5.08. The summed E-state index contributed by atoms with van der Waals surface area (Å²) in [6.45, 7) is 3.27. The van der Waals surface area contributed by atoms with Crippen molar-refractivity contribution in [1.82, 2.24) is 19.5 Å². The smallest absolute Gasteiger partial charge is 0.239 e. The number of furan rings is 1. The third-order valence-electron chi connectivity index (χ3n) is 10.1. The fourth-order valence-corrected chi connectivity index (χ4v) is 9.82. The molecule has 3 heterocycles. The van der Waals surface area contributed by atoms with Crippen molar-refractivity contribution in [2.75, 3.05) is 0 Å². The van der Waals surface area contributed by atoms with Crippen LogP contribution in [0.2, 0.25) is 17.3 Å². The minimum absolute atomic E-state index is 0.0757. The number of aryl methyl sites for hydroxylation is 2. The van der Waals surface area contributed by atoms with Gasteiger partial charge in [0.2, 0.25) is 0 Å². The average molecular weight is 768 g/mol. The van der Waals surface area contributed by atoms with Crippen molar-refractivity contribution in [1.29, 1.82) is 0 Å². The Morgan fingerprint density at radius 3 is 2.09 bits per heavy atom. The van der Waals surface area contributed by atoms with Crippen LogP contribution >= 0.6 is 0 Å². The number of hydrogen-bond acceptors (Lipinski definition) is 4. The van der Waals surface area contributed by atoms with Crippen molar-refractivity contribution in [3.63, 3.8) is 0 Å². The molecular weight excluding hydrogens is 716 g/mol. The molecule has 0 radical (unpaired) electrons. The molecule has 53 heavy (non-hydrogen) atoms. The Morgan fingerprint density at radius 2 is 1.42 bits per heavy atom. The van der Waals surface area contributed by atoms with E-state index in [4.69, 9.17) is 17.6 Å². The second-order valence-electron chi connectivity index (χ2n) is 15.4. The molecule has 0 bridgehead atoms. The van der Waals surface area contributed by atoms with Crippen molar-refractivity contribution in [2.24, 2.45) is 0 Å². The number of fused-ring (bicyclic) bond motifs is 4. The van der Waals surface area contributed by atoms with E-state index in [9.17, 15) is 0 Å². The number of nitrogens with zero attached hydrogens (tertiary/aromatic N) is 4. The summed E-state index contributed by atoms with van der Waals surface area (Å²) in [5, 5.41) is 1.14. The molecule has 266 valence electrons. The number of aromatic nitrogens is 4. The summed E-state index contributed by atoms with van der Waals surface area (Å²) in [5.41, 5.74) is 7.65. The zero-order valence-electron chi connectivity index (χ0n) is 37.0. The third kappa shape index (κ3) is 6.07. The van der Waals surface area contributed by atoms with Gasteiger partial charge in [-0.15, -0.1) is 0 Å². The molecule has 0 unspecified atom stereocenters. The van der Waals surface area contributed by atoms with Crippen LogP contribution < -0.4 is 4.40 Å². The minimum atomic E-state index is -2.82. The molecule has 0 aliphatic heterocycles. The second kappa shape index (κ2) is 13.1. The van der Waals surface area contributed by atoms with E-state index in [2.05, 4.69) is 102 Å². The van der Waals surface area contributed by atoms with E-state index in [1.165, 1.54) is 27.2 Å². The Balaban J connectivity index is 1.36. The number of rotatable bonds is 7. The van der Waals surface area contributed by atoms with Gasteiger partial charge in [-0.3, -0.25) is 0 Å². The summed E-state index contributed by atoms with van der Waals surface area (Å²) >= 11 is -2.01. The zero-order valence-corrected chi connectivity index (χ0v) is 33.1. The minimum Gasteiger partial charge on any atom is -0.239 e. The van der Waals surface area contributed by atoms with Crippen molar-refractivity contribution < 1.29 is 17.0 Å². The number of hydrogen-bond donors (Lipinski definition) is 0. The number of para-hydroxylation sites is 3. The van der Waals surface area contributed by atoms with Crippen LogP contribution in [0.15, 0.2) is 101 Å². The maximum absolute atomic E-state index is 16.8. The quantitative estimate of drug-likeness (QED) is 0.152. The van der Waals surface area contributed by atoms with E-state index in [0.717, 1.165) is 28.4 Å². The Bertz CT molecular complexity index is 2860. The van der Waals surface area contributed by atoms with Gasteiger partial charge < -0.3 is 4.42 Å².